The maximum Gasteiger partial charge on any atom is 0.245 e. The summed E-state index contributed by atoms with van der Waals surface area (Å²) in [5, 5.41) is 10.4. The van der Waals surface area contributed by atoms with E-state index in [9.17, 15) is 4.39 Å². The molecule has 1 fully saturated rings. The third kappa shape index (κ3) is 3.21. The van der Waals surface area contributed by atoms with Crippen LogP contribution in [0.25, 0.3) is 11.4 Å². The van der Waals surface area contributed by atoms with Gasteiger partial charge in [0.15, 0.2) is 5.82 Å². The molecule has 0 bridgehead atoms. The Morgan fingerprint density at radius 2 is 2.19 bits per heavy atom. The first-order valence-corrected chi connectivity index (χ1v) is 7.34. The van der Waals surface area contributed by atoms with E-state index in [1.165, 1.54) is 12.1 Å². The van der Waals surface area contributed by atoms with Crippen LogP contribution in [0.4, 0.5) is 10.3 Å². The maximum atomic E-state index is 13.3. The zero-order chi connectivity index (χ0) is 14.7. The second-order valence-corrected chi connectivity index (χ2v) is 5.48. The van der Waals surface area contributed by atoms with Crippen molar-refractivity contribution in [2.24, 2.45) is 5.92 Å². The van der Waals surface area contributed by atoms with E-state index in [2.05, 4.69) is 25.4 Å². The Balaban J connectivity index is 1.68. The SMILES string of the molecule is CNCC1CCN(c2n[nH]c(-c3cccc(F)c3)n2)CC1. The summed E-state index contributed by atoms with van der Waals surface area (Å²) in [4.78, 5) is 6.68. The van der Waals surface area contributed by atoms with Crippen LogP contribution in [0.5, 0.6) is 0 Å². The van der Waals surface area contributed by atoms with Crippen LogP contribution in [-0.4, -0.2) is 41.9 Å². The Morgan fingerprint density at radius 3 is 2.90 bits per heavy atom. The normalized spacial score (nSPS) is 16.4. The van der Waals surface area contributed by atoms with Crippen molar-refractivity contribution in [3.05, 3.63) is 30.1 Å². The summed E-state index contributed by atoms with van der Waals surface area (Å²) in [5.74, 6) is 1.78. The number of rotatable bonds is 4. The summed E-state index contributed by atoms with van der Waals surface area (Å²) in [7, 11) is 1.99. The third-order valence-corrected chi connectivity index (χ3v) is 3.96. The van der Waals surface area contributed by atoms with Gasteiger partial charge in [0, 0.05) is 18.7 Å². The predicted octanol–water partition coefficient (Wildman–Crippen LogP) is 2.05. The second-order valence-electron chi connectivity index (χ2n) is 5.48. The molecule has 1 aromatic heterocycles. The maximum absolute atomic E-state index is 13.3. The lowest BCUT2D eigenvalue weighted by molar-refractivity contribution is 0.391. The van der Waals surface area contributed by atoms with Gasteiger partial charge in [-0.05, 0) is 44.5 Å². The van der Waals surface area contributed by atoms with Gasteiger partial charge in [-0.2, -0.15) is 4.98 Å². The number of piperidine rings is 1. The summed E-state index contributed by atoms with van der Waals surface area (Å²) in [5.41, 5.74) is 0.721. The zero-order valence-corrected chi connectivity index (χ0v) is 12.1. The fourth-order valence-electron chi connectivity index (χ4n) is 2.79. The minimum Gasteiger partial charge on any atom is -0.340 e. The first-order valence-electron chi connectivity index (χ1n) is 7.34. The molecule has 0 unspecified atom stereocenters. The van der Waals surface area contributed by atoms with Gasteiger partial charge in [-0.15, -0.1) is 5.10 Å². The molecule has 1 aliphatic rings. The van der Waals surface area contributed by atoms with Gasteiger partial charge in [0.25, 0.3) is 0 Å². The van der Waals surface area contributed by atoms with Crippen molar-refractivity contribution in [3.8, 4) is 11.4 Å². The van der Waals surface area contributed by atoms with Gasteiger partial charge in [0.1, 0.15) is 5.82 Å². The number of anilines is 1. The molecular formula is C15H20FN5. The number of halogens is 1. The number of benzene rings is 1. The molecule has 0 radical (unpaired) electrons. The molecule has 2 heterocycles. The minimum atomic E-state index is -0.265. The molecule has 0 spiro atoms. The second kappa shape index (κ2) is 6.22. The van der Waals surface area contributed by atoms with E-state index >= 15 is 0 Å². The molecular weight excluding hydrogens is 269 g/mol. The lowest BCUT2D eigenvalue weighted by Crippen LogP contribution is -2.37. The Labute approximate surface area is 123 Å². The molecule has 0 amide bonds. The predicted molar refractivity (Wildman–Crippen MR) is 80.6 cm³/mol. The summed E-state index contributed by atoms with van der Waals surface area (Å²) in [6.07, 6.45) is 2.29. The highest BCUT2D eigenvalue weighted by atomic mass is 19.1. The lowest BCUT2D eigenvalue weighted by Gasteiger charge is -2.30. The fourth-order valence-corrected chi connectivity index (χ4v) is 2.79. The monoisotopic (exact) mass is 289 g/mol. The third-order valence-electron chi connectivity index (χ3n) is 3.96. The Kier molecular flexibility index (Phi) is 4.15. The fraction of sp³-hybridized carbons (Fsp3) is 0.467. The van der Waals surface area contributed by atoms with Gasteiger partial charge in [0.05, 0.1) is 0 Å². The van der Waals surface area contributed by atoms with E-state index in [-0.39, 0.29) is 5.82 Å². The molecule has 21 heavy (non-hydrogen) atoms. The smallest absolute Gasteiger partial charge is 0.245 e. The number of nitrogens with zero attached hydrogens (tertiary/aromatic N) is 3. The van der Waals surface area contributed by atoms with Gasteiger partial charge in [-0.3, -0.25) is 5.10 Å². The Morgan fingerprint density at radius 1 is 1.38 bits per heavy atom. The van der Waals surface area contributed by atoms with Crippen LogP contribution in [-0.2, 0) is 0 Å². The van der Waals surface area contributed by atoms with Crippen molar-refractivity contribution in [1.82, 2.24) is 20.5 Å². The quantitative estimate of drug-likeness (QED) is 0.904. The molecule has 0 saturated carbocycles. The molecule has 2 N–H and O–H groups in total. The summed E-state index contributed by atoms with van der Waals surface area (Å²) in [6, 6.07) is 6.39. The Bertz CT molecular complexity index is 589. The molecule has 112 valence electrons. The first kappa shape index (κ1) is 14.0. The van der Waals surface area contributed by atoms with E-state index in [0.29, 0.717) is 11.8 Å². The zero-order valence-electron chi connectivity index (χ0n) is 12.1. The number of aromatic nitrogens is 3. The summed E-state index contributed by atoms with van der Waals surface area (Å²) in [6.45, 7) is 3.00. The van der Waals surface area contributed by atoms with Crippen molar-refractivity contribution in [3.63, 3.8) is 0 Å². The van der Waals surface area contributed by atoms with Crippen LogP contribution in [0, 0.1) is 11.7 Å². The molecule has 0 aliphatic carbocycles. The Hall–Kier alpha value is -1.95. The van der Waals surface area contributed by atoms with E-state index < -0.39 is 0 Å². The van der Waals surface area contributed by atoms with Crippen LogP contribution >= 0.6 is 0 Å². The highest BCUT2D eigenvalue weighted by Gasteiger charge is 2.21. The minimum absolute atomic E-state index is 0.265. The van der Waals surface area contributed by atoms with Crippen LogP contribution in [0.1, 0.15) is 12.8 Å². The van der Waals surface area contributed by atoms with E-state index in [0.717, 1.165) is 44.0 Å². The van der Waals surface area contributed by atoms with Crippen molar-refractivity contribution in [1.29, 1.82) is 0 Å². The number of hydrogen-bond acceptors (Lipinski definition) is 4. The summed E-state index contributed by atoms with van der Waals surface area (Å²) >= 11 is 0. The van der Waals surface area contributed by atoms with Gasteiger partial charge in [-0.25, -0.2) is 4.39 Å². The van der Waals surface area contributed by atoms with Crippen LogP contribution in [0.3, 0.4) is 0 Å². The van der Waals surface area contributed by atoms with Crippen LogP contribution < -0.4 is 10.2 Å². The molecule has 1 aromatic carbocycles. The molecule has 6 heteroatoms. The van der Waals surface area contributed by atoms with Gasteiger partial charge < -0.3 is 10.2 Å². The molecule has 1 saturated heterocycles. The van der Waals surface area contributed by atoms with Crippen molar-refractivity contribution < 1.29 is 4.39 Å². The molecule has 1 aliphatic heterocycles. The summed E-state index contributed by atoms with van der Waals surface area (Å²) < 4.78 is 13.3. The van der Waals surface area contributed by atoms with Crippen LogP contribution in [0.15, 0.2) is 24.3 Å². The average Bonchev–Trinajstić information content (AvgIpc) is 2.98. The number of nitrogens with one attached hydrogen (secondary N) is 2. The van der Waals surface area contributed by atoms with Crippen molar-refractivity contribution >= 4 is 5.95 Å². The number of H-pyrrole nitrogens is 1. The first-order chi connectivity index (χ1) is 10.3. The molecule has 3 rings (SSSR count). The van der Waals surface area contributed by atoms with Crippen molar-refractivity contribution in [2.75, 3.05) is 31.6 Å². The molecule has 0 atom stereocenters. The standard InChI is InChI=1S/C15H20FN5/c1-17-10-11-5-7-21(8-6-11)15-18-14(19-20-15)12-3-2-4-13(16)9-12/h2-4,9,11,17H,5-8,10H2,1H3,(H,18,19,20). The van der Waals surface area contributed by atoms with E-state index in [4.69, 9.17) is 0 Å². The van der Waals surface area contributed by atoms with E-state index in [1.54, 1.807) is 6.07 Å². The van der Waals surface area contributed by atoms with Crippen LogP contribution in [0.2, 0.25) is 0 Å². The highest BCUT2D eigenvalue weighted by molar-refractivity contribution is 5.56. The lowest BCUT2D eigenvalue weighted by atomic mass is 9.97. The average molecular weight is 289 g/mol. The van der Waals surface area contributed by atoms with Gasteiger partial charge in [-0.1, -0.05) is 12.1 Å². The number of hydrogen-bond donors (Lipinski definition) is 2. The van der Waals surface area contributed by atoms with Gasteiger partial charge >= 0.3 is 0 Å². The topological polar surface area (TPSA) is 56.8 Å². The largest absolute Gasteiger partial charge is 0.340 e. The van der Waals surface area contributed by atoms with E-state index in [1.807, 2.05) is 13.1 Å². The highest BCUT2D eigenvalue weighted by Crippen LogP contribution is 2.22. The molecule has 2 aromatic rings. The molecule has 5 nitrogen and oxygen atoms in total. The number of aromatic amines is 1. The van der Waals surface area contributed by atoms with Crippen molar-refractivity contribution in [2.45, 2.75) is 12.8 Å². The van der Waals surface area contributed by atoms with Gasteiger partial charge in [0.2, 0.25) is 5.95 Å².